The number of rotatable bonds is 4. The van der Waals surface area contributed by atoms with Gasteiger partial charge in [0.25, 0.3) is 0 Å². The lowest BCUT2D eigenvalue weighted by Crippen LogP contribution is -2.33. The fourth-order valence-electron chi connectivity index (χ4n) is 1.93. The van der Waals surface area contributed by atoms with E-state index in [2.05, 4.69) is 0 Å². The largest absolute Gasteiger partial charge is 0.376 e. The average Bonchev–Trinajstić information content (AvgIpc) is 2.75. The second-order valence-electron chi connectivity index (χ2n) is 3.48. The van der Waals surface area contributed by atoms with Crippen LogP contribution in [-0.2, 0) is 23.7 Å². The van der Waals surface area contributed by atoms with E-state index in [1.807, 2.05) is 0 Å². The van der Waals surface area contributed by atoms with Gasteiger partial charge in [-0.25, -0.2) is 0 Å². The maximum atomic E-state index is 5.56. The van der Waals surface area contributed by atoms with E-state index in [4.69, 9.17) is 23.7 Å². The zero-order valence-corrected chi connectivity index (χ0v) is 8.47. The number of fused-ring (bicyclic) bond motifs is 1. The third kappa shape index (κ3) is 1.78. The molecule has 3 unspecified atom stereocenters. The Hall–Kier alpha value is -0.200. The summed E-state index contributed by atoms with van der Waals surface area (Å²) in [4.78, 5) is 0. The highest BCUT2D eigenvalue weighted by atomic mass is 16.7. The summed E-state index contributed by atoms with van der Waals surface area (Å²) in [6, 6.07) is 0. The molecule has 14 heavy (non-hydrogen) atoms. The first-order chi connectivity index (χ1) is 6.86. The van der Waals surface area contributed by atoms with Crippen molar-refractivity contribution < 1.29 is 23.7 Å². The van der Waals surface area contributed by atoms with Gasteiger partial charge in [-0.2, -0.15) is 0 Å². The Bertz CT molecular complexity index is 186. The Morgan fingerprint density at radius 2 is 1.71 bits per heavy atom. The molecule has 0 aliphatic carbocycles. The third-order valence-electron chi connectivity index (χ3n) is 2.67. The van der Waals surface area contributed by atoms with E-state index in [1.54, 1.807) is 14.2 Å². The summed E-state index contributed by atoms with van der Waals surface area (Å²) >= 11 is 0. The second kappa shape index (κ2) is 4.55. The zero-order chi connectivity index (χ0) is 9.97. The SMILES string of the molecule is COCO[C@H]1COC2C(OC)COC21. The minimum absolute atomic E-state index is 0.00454. The Morgan fingerprint density at radius 3 is 2.36 bits per heavy atom. The lowest BCUT2D eigenvalue weighted by atomic mass is 10.1. The summed E-state index contributed by atoms with van der Waals surface area (Å²) in [5.74, 6) is 0. The molecule has 2 rings (SSSR count). The Morgan fingerprint density at radius 1 is 1.07 bits per heavy atom. The molecule has 0 saturated carbocycles. The van der Waals surface area contributed by atoms with Crippen LogP contribution in [0, 0.1) is 0 Å². The highest BCUT2D eigenvalue weighted by Gasteiger charge is 2.48. The molecule has 2 saturated heterocycles. The van der Waals surface area contributed by atoms with Crippen LogP contribution < -0.4 is 0 Å². The molecule has 0 spiro atoms. The van der Waals surface area contributed by atoms with Gasteiger partial charge in [-0.1, -0.05) is 0 Å². The summed E-state index contributed by atoms with van der Waals surface area (Å²) in [5.41, 5.74) is 0. The van der Waals surface area contributed by atoms with Gasteiger partial charge in [0, 0.05) is 14.2 Å². The van der Waals surface area contributed by atoms with Crippen molar-refractivity contribution in [2.75, 3.05) is 34.2 Å². The highest BCUT2D eigenvalue weighted by Crippen LogP contribution is 2.29. The van der Waals surface area contributed by atoms with Gasteiger partial charge in [0.1, 0.15) is 31.2 Å². The van der Waals surface area contributed by atoms with Crippen LogP contribution in [0.4, 0.5) is 0 Å². The van der Waals surface area contributed by atoms with Gasteiger partial charge < -0.3 is 23.7 Å². The van der Waals surface area contributed by atoms with Gasteiger partial charge >= 0.3 is 0 Å². The second-order valence-corrected chi connectivity index (χ2v) is 3.48. The van der Waals surface area contributed by atoms with Crippen LogP contribution in [0.1, 0.15) is 0 Å². The number of hydrogen-bond donors (Lipinski definition) is 0. The molecular weight excluding hydrogens is 188 g/mol. The minimum Gasteiger partial charge on any atom is -0.376 e. The van der Waals surface area contributed by atoms with Crippen LogP contribution in [0.2, 0.25) is 0 Å². The predicted octanol–water partition coefficient (Wildman–Crippen LogP) is -0.212. The van der Waals surface area contributed by atoms with Crippen LogP contribution in [0.3, 0.4) is 0 Å². The predicted molar refractivity (Wildman–Crippen MR) is 47.0 cm³/mol. The summed E-state index contributed by atoms with van der Waals surface area (Å²) < 4.78 is 26.6. The van der Waals surface area contributed by atoms with Gasteiger partial charge in [0.2, 0.25) is 0 Å². The molecule has 0 amide bonds. The van der Waals surface area contributed by atoms with Gasteiger partial charge in [-0.3, -0.25) is 0 Å². The standard InChI is InChI=1S/C9H16O5/c1-10-5-14-7-4-13-8-6(11-2)3-12-9(7)8/h6-9H,3-5H2,1-2H3/t6?,7-,8?,9?/m0/s1. The quantitative estimate of drug-likeness (QED) is 0.593. The summed E-state index contributed by atoms with van der Waals surface area (Å²) in [6.45, 7) is 1.41. The molecule has 0 bridgehead atoms. The van der Waals surface area contributed by atoms with E-state index in [-0.39, 0.29) is 31.2 Å². The molecular formula is C9H16O5. The third-order valence-corrected chi connectivity index (χ3v) is 2.67. The summed E-state index contributed by atoms with van der Waals surface area (Å²) in [7, 11) is 3.27. The first-order valence-electron chi connectivity index (χ1n) is 4.73. The maximum absolute atomic E-state index is 5.56. The highest BCUT2D eigenvalue weighted by molar-refractivity contribution is 4.95. The minimum atomic E-state index is -0.0277. The molecule has 2 fully saturated rings. The molecule has 0 N–H and O–H groups in total. The van der Waals surface area contributed by atoms with Crippen molar-refractivity contribution >= 4 is 0 Å². The average molecular weight is 204 g/mol. The first kappa shape index (κ1) is 10.3. The molecule has 4 atom stereocenters. The van der Waals surface area contributed by atoms with E-state index >= 15 is 0 Å². The van der Waals surface area contributed by atoms with Crippen molar-refractivity contribution in [2.24, 2.45) is 0 Å². The first-order valence-corrected chi connectivity index (χ1v) is 4.73. The van der Waals surface area contributed by atoms with E-state index in [0.29, 0.717) is 13.2 Å². The van der Waals surface area contributed by atoms with Crippen molar-refractivity contribution in [3.05, 3.63) is 0 Å². The molecule has 0 aromatic heterocycles. The number of methoxy groups -OCH3 is 2. The molecule has 5 nitrogen and oxygen atoms in total. The lowest BCUT2D eigenvalue weighted by Gasteiger charge is -2.15. The van der Waals surface area contributed by atoms with Gasteiger partial charge in [-0.15, -0.1) is 0 Å². The summed E-state index contributed by atoms with van der Waals surface area (Å²) in [6.07, 6.45) is 0.0215. The zero-order valence-electron chi connectivity index (χ0n) is 8.47. The molecule has 5 heteroatoms. The van der Waals surface area contributed by atoms with Crippen molar-refractivity contribution in [2.45, 2.75) is 24.4 Å². The molecule has 82 valence electrons. The molecule has 0 aromatic carbocycles. The molecule has 2 aliphatic heterocycles. The molecule has 0 radical (unpaired) electrons. The van der Waals surface area contributed by atoms with Crippen molar-refractivity contribution in [3.63, 3.8) is 0 Å². The number of ether oxygens (including phenoxy) is 5. The van der Waals surface area contributed by atoms with Crippen LogP contribution >= 0.6 is 0 Å². The number of hydrogen-bond acceptors (Lipinski definition) is 5. The Labute approximate surface area is 83.2 Å². The Kier molecular flexibility index (Phi) is 3.35. The van der Waals surface area contributed by atoms with Crippen LogP contribution in [0.25, 0.3) is 0 Å². The monoisotopic (exact) mass is 204 g/mol. The fourth-order valence-corrected chi connectivity index (χ4v) is 1.93. The van der Waals surface area contributed by atoms with Crippen LogP contribution in [0.5, 0.6) is 0 Å². The van der Waals surface area contributed by atoms with Gasteiger partial charge in [0.15, 0.2) is 0 Å². The van der Waals surface area contributed by atoms with E-state index in [0.717, 1.165) is 0 Å². The van der Waals surface area contributed by atoms with E-state index < -0.39 is 0 Å². The molecule has 0 aromatic rings. The Balaban J connectivity index is 1.87. The lowest BCUT2D eigenvalue weighted by molar-refractivity contribution is -0.107. The van der Waals surface area contributed by atoms with Crippen molar-refractivity contribution in [1.82, 2.24) is 0 Å². The molecule has 2 aliphatic rings. The van der Waals surface area contributed by atoms with Gasteiger partial charge in [0.05, 0.1) is 13.2 Å². The topological polar surface area (TPSA) is 46.2 Å². The smallest absolute Gasteiger partial charge is 0.146 e. The van der Waals surface area contributed by atoms with Crippen LogP contribution in [-0.4, -0.2) is 58.6 Å². The van der Waals surface area contributed by atoms with Crippen molar-refractivity contribution in [1.29, 1.82) is 0 Å². The fraction of sp³-hybridized carbons (Fsp3) is 1.00. The van der Waals surface area contributed by atoms with Gasteiger partial charge in [-0.05, 0) is 0 Å². The summed E-state index contributed by atoms with van der Waals surface area (Å²) in [5, 5.41) is 0. The molecule has 2 heterocycles. The van der Waals surface area contributed by atoms with Crippen molar-refractivity contribution in [3.8, 4) is 0 Å². The normalized spacial score (nSPS) is 41.6. The van der Waals surface area contributed by atoms with E-state index in [1.165, 1.54) is 0 Å². The maximum Gasteiger partial charge on any atom is 0.146 e. The van der Waals surface area contributed by atoms with E-state index in [9.17, 15) is 0 Å². The van der Waals surface area contributed by atoms with Crippen LogP contribution in [0.15, 0.2) is 0 Å².